The Balaban J connectivity index is 2.23. The highest BCUT2D eigenvalue weighted by atomic mass is 35.5. The van der Waals surface area contributed by atoms with Gasteiger partial charge in [0.05, 0.1) is 10.7 Å². The predicted octanol–water partition coefficient (Wildman–Crippen LogP) is 4.04. The number of benzene rings is 2. The fraction of sp³-hybridized carbons (Fsp3) is 0.111. The summed E-state index contributed by atoms with van der Waals surface area (Å²) in [6, 6.07) is 8.70. The van der Waals surface area contributed by atoms with Crippen LogP contribution in [0.25, 0.3) is 5.69 Å². The SMILES string of the molecule is CNc1nc(Oc2ccc(F)cc2Cl)n(-c2ccc(F)cc2)c(=O)c1NC. The first kappa shape index (κ1) is 18.7. The summed E-state index contributed by atoms with van der Waals surface area (Å²) < 4.78 is 33.4. The van der Waals surface area contributed by atoms with Gasteiger partial charge in [-0.2, -0.15) is 4.98 Å². The van der Waals surface area contributed by atoms with Gasteiger partial charge < -0.3 is 15.4 Å². The van der Waals surface area contributed by atoms with E-state index in [2.05, 4.69) is 15.6 Å². The van der Waals surface area contributed by atoms with Gasteiger partial charge in [-0.15, -0.1) is 0 Å². The van der Waals surface area contributed by atoms with Gasteiger partial charge in [0.1, 0.15) is 23.1 Å². The van der Waals surface area contributed by atoms with Crippen molar-refractivity contribution < 1.29 is 13.5 Å². The van der Waals surface area contributed by atoms with Gasteiger partial charge in [0, 0.05) is 14.1 Å². The molecule has 2 aromatic carbocycles. The molecular weight excluding hydrogens is 378 g/mol. The molecule has 0 radical (unpaired) electrons. The molecule has 0 aliphatic carbocycles. The Labute approximate surface area is 158 Å². The molecule has 1 aromatic heterocycles. The molecule has 0 atom stereocenters. The molecule has 140 valence electrons. The lowest BCUT2D eigenvalue weighted by molar-refractivity contribution is 0.424. The van der Waals surface area contributed by atoms with Crippen molar-refractivity contribution in [2.45, 2.75) is 0 Å². The largest absolute Gasteiger partial charge is 0.424 e. The van der Waals surface area contributed by atoms with Gasteiger partial charge in [0.15, 0.2) is 5.82 Å². The van der Waals surface area contributed by atoms with E-state index < -0.39 is 17.2 Å². The van der Waals surface area contributed by atoms with Crippen LogP contribution in [0.15, 0.2) is 47.3 Å². The lowest BCUT2D eigenvalue weighted by atomic mass is 10.3. The van der Waals surface area contributed by atoms with E-state index in [1.54, 1.807) is 14.1 Å². The summed E-state index contributed by atoms with van der Waals surface area (Å²) in [6.45, 7) is 0. The molecular formula is C18H15ClF2N4O2. The highest BCUT2D eigenvalue weighted by Crippen LogP contribution is 2.31. The molecule has 9 heteroatoms. The summed E-state index contributed by atoms with van der Waals surface area (Å²) in [5, 5.41) is 5.60. The Kier molecular flexibility index (Phi) is 5.27. The molecule has 1 heterocycles. The van der Waals surface area contributed by atoms with Crippen LogP contribution in [-0.2, 0) is 0 Å². The van der Waals surface area contributed by atoms with Crippen molar-refractivity contribution >= 4 is 23.1 Å². The standard InChI is InChI=1S/C18H15ClF2N4O2/c1-22-15-16(23-2)24-18(27-14-8-5-11(21)9-13(14)19)25(17(15)26)12-6-3-10(20)4-7-12/h3-9,22-23H,1-2H3. The van der Waals surface area contributed by atoms with Gasteiger partial charge in [-0.25, -0.2) is 13.3 Å². The molecule has 3 aromatic rings. The highest BCUT2D eigenvalue weighted by Gasteiger charge is 2.19. The Morgan fingerprint density at radius 2 is 1.70 bits per heavy atom. The summed E-state index contributed by atoms with van der Waals surface area (Å²) in [6.07, 6.45) is 0. The average molecular weight is 393 g/mol. The smallest absolute Gasteiger partial charge is 0.311 e. The van der Waals surface area contributed by atoms with Crippen LogP contribution in [0.2, 0.25) is 5.02 Å². The van der Waals surface area contributed by atoms with Crippen molar-refractivity contribution in [3.63, 3.8) is 0 Å². The maximum Gasteiger partial charge on any atom is 0.311 e. The first-order chi connectivity index (χ1) is 12.9. The van der Waals surface area contributed by atoms with Gasteiger partial charge >= 0.3 is 6.01 Å². The molecule has 0 aliphatic rings. The van der Waals surface area contributed by atoms with Crippen LogP contribution in [0.4, 0.5) is 20.3 Å². The normalized spacial score (nSPS) is 10.6. The Morgan fingerprint density at radius 3 is 2.30 bits per heavy atom. The molecule has 27 heavy (non-hydrogen) atoms. The van der Waals surface area contributed by atoms with Gasteiger partial charge in [0.25, 0.3) is 5.56 Å². The van der Waals surface area contributed by atoms with E-state index in [0.29, 0.717) is 5.69 Å². The molecule has 2 N–H and O–H groups in total. The molecule has 0 unspecified atom stereocenters. The second-order valence-electron chi connectivity index (χ2n) is 5.41. The quantitative estimate of drug-likeness (QED) is 0.686. The van der Waals surface area contributed by atoms with Crippen LogP contribution >= 0.6 is 11.6 Å². The molecule has 0 aliphatic heterocycles. The minimum absolute atomic E-state index is 0.0126. The van der Waals surface area contributed by atoms with E-state index in [1.165, 1.54) is 36.4 Å². The topological polar surface area (TPSA) is 68.2 Å². The first-order valence-electron chi connectivity index (χ1n) is 7.86. The number of nitrogens with zero attached hydrogens (tertiary/aromatic N) is 2. The molecule has 0 fully saturated rings. The predicted molar refractivity (Wildman–Crippen MR) is 100 cm³/mol. The van der Waals surface area contributed by atoms with Crippen LogP contribution < -0.4 is 20.9 Å². The lowest BCUT2D eigenvalue weighted by Gasteiger charge is -2.17. The van der Waals surface area contributed by atoms with Crippen molar-refractivity contribution in [2.75, 3.05) is 24.7 Å². The van der Waals surface area contributed by atoms with Gasteiger partial charge in [-0.1, -0.05) is 11.6 Å². The molecule has 0 amide bonds. The van der Waals surface area contributed by atoms with Crippen molar-refractivity contribution in [3.8, 4) is 17.4 Å². The van der Waals surface area contributed by atoms with E-state index in [-0.39, 0.29) is 28.3 Å². The fourth-order valence-corrected chi connectivity index (χ4v) is 2.66. The zero-order valence-corrected chi connectivity index (χ0v) is 15.1. The van der Waals surface area contributed by atoms with Gasteiger partial charge in [-0.3, -0.25) is 4.79 Å². The average Bonchev–Trinajstić information content (AvgIpc) is 2.65. The maximum atomic E-state index is 13.3. The van der Waals surface area contributed by atoms with Crippen LogP contribution in [0, 0.1) is 11.6 Å². The molecule has 0 bridgehead atoms. The summed E-state index contributed by atoms with van der Waals surface area (Å²) in [5.41, 5.74) is 0.0531. The Bertz CT molecular complexity index is 1040. The number of aromatic nitrogens is 2. The molecule has 0 saturated carbocycles. The summed E-state index contributed by atoms with van der Waals surface area (Å²) in [4.78, 5) is 17.3. The molecule has 0 saturated heterocycles. The van der Waals surface area contributed by atoms with Crippen molar-refractivity contribution in [2.24, 2.45) is 0 Å². The summed E-state index contributed by atoms with van der Waals surface area (Å²) in [7, 11) is 3.17. The Hall–Kier alpha value is -3.13. The van der Waals surface area contributed by atoms with Crippen molar-refractivity contribution in [1.29, 1.82) is 0 Å². The van der Waals surface area contributed by atoms with E-state index in [4.69, 9.17) is 16.3 Å². The van der Waals surface area contributed by atoms with Crippen LogP contribution in [0.5, 0.6) is 11.8 Å². The zero-order chi connectivity index (χ0) is 19.6. The minimum atomic E-state index is -0.530. The second kappa shape index (κ2) is 7.63. The number of hydrogen-bond donors (Lipinski definition) is 2. The number of nitrogens with one attached hydrogen (secondary N) is 2. The monoisotopic (exact) mass is 392 g/mol. The number of ether oxygens (including phenoxy) is 1. The van der Waals surface area contributed by atoms with E-state index in [9.17, 15) is 13.6 Å². The van der Waals surface area contributed by atoms with Crippen molar-refractivity contribution in [1.82, 2.24) is 9.55 Å². The number of anilines is 2. The highest BCUT2D eigenvalue weighted by molar-refractivity contribution is 6.32. The third kappa shape index (κ3) is 3.70. The summed E-state index contributed by atoms with van der Waals surface area (Å²) >= 11 is 6.01. The third-order valence-corrected chi connectivity index (χ3v) is 4.01. The second-order valence-corrected chi connectivity index (χ2v) is 5.82. The van der Waals surface area contributed by atoms with Crippen molar-refractivity contribution in [3.05, 3.63) is 69.5 Å². The molecule has 0 spiro atoms. The zero-order valence-electron chi connectivity index (χ0n) is 14.4. The number of hydrogen-bond acceptors (Lipinski definition) is 5. The van der Waals surface area contributed by atoms with E-state index >= 15 is 0 Å². The maximum absolute atomic E-state index is 13.3. The minimum Gasteiger partial charge on any atom is -0.424 e. The van der Waals surface area contributed by atoms with E-state index in [1.807, 2.05) is 0 Å². The summed E-state index contributed by atoms with van der Waals surface area (Å²) in [5.74, 6) is -0.628. The van der Waals surface area contributed by atoms with Crippen LogP contribution in [0.3, 0.4) is 0 Å². The van der Waals surface area contributed by atoms with Gasteiger partial charge in [-0.05, 0) is 42.5 Å². The number of rotatable bonds is 5. The van der Waals surface area contributed by atoms with Crippen LogP contribution in [0.1, 0.15) is 0 Å². The molecule has 3 rings (SSSR count). The van der Waals surface area contributed by atoms with Gasteiger partial charge in [0.2, 0.25) is 0 Å². The van der Waals surface area contributed by atoms with E-state index in [0.717, 1.165) is 10.6 Å². The lowest BCUT2D eigenvalue weighted by Crippen LogP contribution is -2.25. The fourth-order valence-electron chi connectivity index (χ4n) is 2.45. The molecule has 6 nitrogen and oxygen atoms in total. The third-order valence-electron chi connectivity index (χ3n) is 3.72. The first-order valence-corrected chi connectivity index (χ1v) is 8.23. The van der Waals surface area contributed by atoms with Crippen LogP contribution in [-0.4, -0.2) is 23.6 Å². The Morgan fingerprint density at radius 1 is 1.04 bits per heavy atom. The number of halogens is 3.